The molecular formula is C27H25F3N4O5S. The van der Waals surface area contributed by atoms with Crippen LogP contribution < -0.4 is 19.7 Å². The van der Waals surface area contributed by atoms with Crippen LogP contribution in [0.3, 0.4) is 0 Å². The molecule has 0 saturated carbocycles. The molecule has 1 aromatic heterocycles. The topological polar surface area (TPSA) is 101 Å². The van der Waals surface area contributed by atoms with Gasteiger partial charge in [-0.25, -0.2) is 14.7 Å². The van der Waals surface area contributed by atoms with E-state index in [1.54, 1.807) is 44.2 Å². The summed E-state index contributed by atoms with van der Waals surface area (Å²) in [7, 11) is 2.77. The third kappa shape index (κ3) is 5.69. The summed E-state index contributed by atoms with van der Waals surface area (Å²) in [5.41, 5.74) is -4.95. The van der Waals surface area contributed by atoms with Gasteiger partial charge in [0.2, 0.25) is 0 Å². The highest BCUT2D eigenvalue weighted by Gasteiger charge is 2.52. The lowest BCUT2D eigenvalue weighted by molar-refractivity contribution is -0.123. The van der Waals surface area contributed by atoms with Crippen LogP contribution in [0.15, 0.2) is 65.7 Å². The second-order valence-electron chi connectivity index (χ2n) is 9.12. The molecule has 4 amide bonds. The first-order valence-corrected chi connectivity index (χ1v) is 12.7. The summed E-state index contributed by atoms with van der Waals surface area (Å²) in [6, 6.07) is 12.7. The van der Waals surface area contributed by atoms with Crippen LogP contribution in [-0.2, 0) is 11.3 Å². The van der Waals surface area contributed by atoms with E-state index in [1.165, 1.54) is 49.6 Å². The lowest BCUT2D eigenvalue weighted by Crippen LogP contribution is -2.43. The average Bonchev–Trinajstić information content (AvgIpc) is 3.08. The number of hydrogen-bond donors (Lipinski definition) is 1. The molecule has 210 valence electrons. The Labute approximate surface area is 232 Å². The first-order chi connectivity index (χ1) is 18.9. The van der Waals surface area contributed by atoms with E-state index < -0.39 is 28.9 Å². The predicted octanol–water partition coefficient (Wildman–Crippen LogP) is 5.71. The second-order valence-corrected chi connectivity index (χ2v) is 10.3. The van der Waals surface area contributed by atoms with E-state index in [2.05, 4.69) is 10.3 Å². The quantitative estimate of drug-likeness (QED) is 0.272. The first-order valence-electron chi connectivity index (χ1n) is 11.9. The van der Waals surface area contributed by atoms with E-state index in [0.717, 1.165) is 4.90 Å². The number of carbonyl (C=O) groups is 3. The minimum Gasteiger partial charge on any atom is -0.495 e. The smallest absolute Gasteiger partial charge is 0.446 e. The number of aromatic nitrogens is 1. The molecule has 40 heavy (non-hydrogen) atoms. The molecule has 2 aromatic carbocycles. The van der Waals surface area contributed by atoms with Gasteiger partial charge < -0.3 is 19.7 Å². The molecule has 13 heteroatoms. The standard InChI is InChI=1S/C27H25F3N4O5S/c1-26(2)24(36)34(17-10-12-18(13-11-17)40-27(28,29)30)25(37)33(26)15-19-20(38-3)14-31-22(21(19)39-4)32-23(35)16-8-6-5-7-9-16/h5-14H,15H2,1-4H3,(H,31,32,35). The van der Waals surface area contributed by atoms with E-state index >= 15 is 0 Å². The molecule has 0 spiro atoms. The van der Waals surface area contributed by atoms with Crippen molar-refractivity contribution in [1.29, 1.82) is 0 Å². The average molecular weight is 575 g/mol. The fourth-order valence-corrected chi connectivity index (χ4v) is 4.74. The highest BCUT2D eigenvalue weighted by molar-refractivity contribution is 8.00. The van der Waals surface area contributed by atoms with Gasteiger partial charge in [-0.2, -0.15) is 13.2 Å². The third-order valence-corrected chi connectivity index (χ3v) is 7.00. The van der Waals surface area contributed by atoms with Crippen molar-refractivity contribution in [2.45, 2.75) is 36.3 Å². The Morgan fingerprint density at radius 1 is 1.02 bits per heavy atom. The van der Waals surface area contributed by atoms with Crippen molar-refractivity contribution >= 4 is 41.1 Å². The number of hydrogen-bond acceptors (Lipinski definition) is 7. The van der Waals surface area contributed by atoms with E-state index in [1.807, 2.05) is 0 Å². The molecule has 1 aliphatic heterocycles. The maximum absolute atomic E-state index is 13.6. The number of pyridine rings is 1. The van der Waals surface area contributed by atoms with Gasteiger partial charge in [0.25, 0.3) is 11.8 Å². The zero-order valence-corrected chi connectivity index (χ0v) is 22.7. The zero-order valence-electron chi connectivity index (χ0n) is 21.9. The van der Waals surface area contributed by atoms with Gasteiger partial charge in [0, 0.05) is 10.5 Å². The summed E-state index contributed by atoms with van der Waals surface area (Å²) in [4.78, 5) is 46.1. The van der Waals surface area contributed by atoms with Crippen molar-refractivity contribution in [3.63, 3.8) is 0 Å². The Morgan fingerprint density at radius 3 is 2.25 bits per heavy atom. The number of benzene rings is 2. The number of carbonyl (C=O) groups excluding carboxylic acids is 3. The largest absolute Gasteiger partial charge is 0.495 e. The molecule has 1 saturated heterocycles. The van der Waals surface area contributed by atoms with Gasteiger partial charge in [-0.1, -0.05) is 18.2 Å². The van der Waals surface area contributed by atoms with Crippen molar-refractivity contribution in [2.75, 3.05) is 24.4 Å². The maximum Gasteiger partial charge on any atom is 0.446 e. The number of nitrogens with zero attached hydrogens (tertiary/aromatic N) is 3. The number of urea groups is 1. The molecule has 0 atom stereocenters. The van der Waals surface area contributed by atoms with Crippen molar-refractivity contribution in [2.24, 2.45) is 0 Å². The Kier molecular flexibility index (Phi) is 7.96. The molecule has 0 radical (unpaired) electrons. The van der Waals surface area contributed by atoms with Gasteiger partial charge in [0.05, 0.1) is 38.2 Å². The van der Waals surface area contributed by atoms with Gasteiger partial charge in [-0.05, 0) is 62.0 Å². The summed E-state index contributed by atoms with van der Waals surface area (Å²) >= 11 is -0.295. The summed E-state index contributed by atoms with van der Waals surface area (Å²) in [6.07, 6.45) is 1.36. The van der Waals surface area contributed by atoms with E-state index in [9.17, 15) is 27.6 Å². The minimum absolute atomic E-state index is 0.0807. The van der Waals surface area contributed by atoms with Crippen molar-refractivity contribution in [3.05, 3.63) is 71.9 Å². The monoisotopic (exact) mass is 574 g/mol. The predicted molar refractivity (Wildman–Crippen MR) is 143 cm³/mol. The number of thioether (sulfide) groups is 1. The van der Waals surface area contributed by atoms with Crippen LogP contribution in [0.25, 0.3) is 0 Å². The Morgan fingerprint density at radius 2 is 1.68 bits per heavy atom. The molecule has 0 bridgehead atoms. The molecule has 2 heterocycles. The first kappa shape index (κ1) is 28.7. The Hall–Kier alpha value is -4.26. The summed E-state index contributed by atoms with van der Waals surface area (Å²) < 4.78 is 49.2. The van der Waals surface area contributed by atoms with Crippen LogP contribution in [-0.4, -0.2) is 53.0 Å². The molecule has 1 aliphatic rings. The van der Waals surface area contributed by atoms with Crippen molar-refractivity contribution in [3.8, 4) is 11.5 Å². The molecule has 1 N–H and O–H groups in total. The number of ether oxygens (including phenoxy) is 2. The molecule has 3 aromatic rings. The van der Waals surface area contributed by atoms with Crippen LogP contribution in [0, 0.1) is 0 Å². The van der Waals surface area contributed by atoms with Gasteiger partial charge in [0.1, 0.15) is 11.3 Å². The molecule has 0 aliphatic carbocycles. The number of anilines is 2. The van der Waals surface area contributed by atoms with E-state index in [4.69, 9.17) is 9.47 Å². The zero-order chi connectivity index (χ0) is 29.2. The van der Waals surface area contributed by atoms with E-state index in [-0.39, 0.29) is 46.2 Å². The number of amides is 4. The molecular weight excluding hydrogens is 549 g/mol. The fourth-order valence-electron chi connectivity index (χ4n) is 4.20. The molecule has 1 fully saturated rings. The fraction of sp³-hybridized carbons (Fsp3) is 0.259. The molecule has 0 unspecified atom stereocenters. The normalized spacial score (nSPS) is 14.9. The Bertz CT molecular complexity index is 1430. The summed E-state index contributed by atoms with van der Waals surface area (Å²) in [6.45, 7) is 2.94. The lowest BCUT2D eigenvalue weighted by atomic mass is 10.0. The van der Waals surface area contributed by atoms with Crippen LogP contribution in [0.5, 0.6) is 11.5 Å². The van der Waals surface area contributed by atoms with Crippen molar-refractivity contribution < 1.29 is 37.0 Å². The number of rotatable bonds is 8. The number of halogens is 3. The molecule has 9 nitrogen and oxygen atoms in total. The van der Waals surface area contributed by atoms with E-state index in [0.29, 0.717) is 11.1 Å². The minimum atomic E-state index is -4.47. The number of methoxy groups -OCH3 is 2. The van der Waals surface area contributed by atoms with Gasteiger partial charge >= 0.3 is 11.5 Å². The van der Waals surface area contributed by atoms with Crippen LogP contribution in [0.1, 0.15) is 29.8 Å². The number of alkyl halides is 3. The Balaban J connectivity index is 1.66. The summed E-state index contributed by atoms with van der Waals surface area (Å²) in [5, 5.41) is 2.70. The van der Waals surface area contributed by atoms with Crippen LogP contribution in [0.2, 0.25) is 0 Å². The van der Waals surface area contributed by atoms with Gasteiger partial charge in [-0.15, -0.1) is 0 Å². The SMILES string of the molecule is COc1cnc(NC(=O)c2ccccc2)c(OC)c1CN1C(=O)N(c2ccc(SC(F)(F)F)cc2)C(=O)C1(C)C. The molecule has 4 rings (SSSR count). The van der Waals surface area contributed by atoms with Crippen molar-refractivity contribution in [1.82, 2.24) is 9.88 Å². The second kappa shape index (κ2) is 11.1. The maximum atomic E-state index is 13.6. The van der Waals surface area contributed by atoms with Crippen LogP contribution >= 0.6 is 11.8 Å². The number of imide groups is 1. The van der Waals surface area contributed by atoms with Crippen LogP contribution in [0.4, 0.5) is 29.5 Å². The highest BCUT2D eigenvalue weighted by Crippen LogP contribution is 2.41. The number of nitrogens with one attached hydrogen (secondary N) is 1. The lowest BCUT2D eigenvalue weighted by Gasteiger charge is -2.29. The van der Waals surface area contributed by atoms with Gasteiger partial charge in [-0.3, -0.25) is 9.59 Å². The third-order valence-electron chi connectivity index (χ3n) is 6.26. The van der Waals surface area contributed by atoms with Gasteiger partial charge in [0.15, 0.2) is 11.6 Å². The summed E-state index contributed by atoms with van der Waals surface area (Å²) in [5.74, 6) is -0.548. The highest BCUT2D eigenvalue weighted by atomic mass is 32.2.